The quantitative estimate of drug-likeness (QED) is 0.320. The smallest absolute Gasteiger partial charge is 0.184 e. The van der Waals surface area contributed by atoms with Crippen molar-refractivity contribution in [2.45, 2.75) is 0 Å². The molecule has 0 saturated heterocycles. The summed E-state index contributed by atoms with van der Waals surface area (Å²) in [5.74, 6) is -0.0829. The highest BCUT2D eigenvalue weighted by molar-refractivity contribution is 7.80. The largest absolute Gasteiger partial charge is 0.508 e. The van der Waals surface area contributed by atoms with Gasteiger partial charge in [0.1, 0.15) is 11.5 Å². The Hall–Kier alpha value is -1.82. The van der Waals surface area contributed by atoms with Gasteiger partial charge in [0.25, 0.3) is 0 Å². The number of nitrogens with two attached hydrogens (primary N) is 1. The SMILES string of the molecule is NC(=S)N/N=C\c1ccc(O)cc1O. The van der Waals surface area contributed by atoms with Gasteiger partial charge in [0.15, 0.2) is 5.11 Å². The molecule has 0 bridgehead atoms. The van der Waals surface area contributed by atoms with Gasteiger partial charge in [-0.25, -0.2) is 0 Å². The van der Waals surface area contributed by atoms with Crippen molar-refractivity contribution in [2.24, 2.45) is 10.8 Å². The molecule has 14 heavy (non-hydrogen) atoms. The molecule has 0 aliphatic rings. The minimum atomic E-state index is -0.0708. The average Bonchev–Trinajstić information content (AvgIpc) is 2.08. The second kappa shape index (κ2) is 4.43. The summed E-state index contributed by atoms with van der Waals surface area (Å²) in [5.41, 5.74) is 7.91. The van der Waals surface area contributed by atoms with E-state index in [4.69, 9.17) is 10.8 Å². The molecule has 0 atom stereocenters. The predicted molar refractivity (Wildman–Crippen MR) is 57.3 cm³/mol. The Labute approximate surface area is 85.9 Å². The first-order valence-corrected chi connectivity index (χ1v) is 4.11. The summed E-state index contributed by atoms with van der Waals surface area (Å²) in [5, 5.41) is 22.0. The van der Waals surface area contributed by atoms with E-state index in [0.717, 1.165) is 0 Å². The zero-order valence-corrected chi connectivity index (χ0v) is 7.95. The van der Waals surface area contributed by atoms with Gasteiger partial charge >= 0.3 is 0 Å². The zero-order chi connectivity index (χ0) is 10.6. The van der Waals surface area contributed by atoms with Gasteiger partial charge in [-0.15, -0.1) is 0 Å². The van der Waals surface area contributed by atoms with Gasteiger partial charge in [-0.3, -0.25) is 5.43 Å². The Morgan fingerprint density at radius 3 is 2.79 bits per heavy atom. The van der Waals surface area contributed by atoms with Crippen LogP contribution in [0.25, 0.3) is 0 Å². The van der Waals surface area contributed by atoms with Crippen molar-refractivity contribution >= 4 is 23.5 Å². The number of hydrogen-bond acceptors (Lipinski definition) is 4. The van der Waals surface area contributed by atoms with E-state index in [1.807, 2.05) is 0 Å². The van der Waals surface area contributed by atoms with E-state index in [1.165, 1.54) is 24.4 Å². The van der Waals surface area contributed by atoms with Crippen LogP contribution < -0.4 is 11.2 Å². The first-order chi connectivity index (χ1) is 6.59. The fraction of sp³-hybridized carbons (Fsp3) is 0. The van der Waals surface area contributed by atoms with Crippen LogP contribution in [0.3, 0.4) is 0 Å². The van der Waals surface area contributed by atoms with E-state index in [1.54, 1.807) is 0 Å². The summed E-state index contributed by atoms with van der Waals surface area (Å²) in [6.45, 7) is 0. The van der Waals surface area contributed by atoms with Crippen molar-refractivity contribution in [1.82, 2.24) is 5.43 Å². The van der Waals surface area contributed by atoms with Gasteiger partial charge < -0.3 is 15.9 Å². The van der Waals surface area contributed by atoms with Gasteiger partial charge in [0.2, 0.25) is 0 Å². The molecule has 6 heteroatoms. The minimum Gasteiger partial charge on any atom is -0.508 e. The van der Waals surface area contributed by atoms with E-state index in [-0.39, 0.29) is 16.6 Å². The standard InChI is InChI=1S/C8H9N3O2S/c9-8(14)11-10-4-5-1-2-6(12)3-7(5)13/h1-4,12-13H,(H3,9,11,14)/b10-4-. The summed E-state index contributed by atoms with van der Waals surface area (Å²) in [6.07, 6.45) is 1.34. The number of phenols is 2. The third-order valence-electron chi connectivity index (χ3n) is 1.39. The van der Waals surface area contributed by atoms with E-state index in [9.17, 15) is 5.11 Å². The van der Waals surface area contributed by atoms with Crippen LogP contribution in [0.15, 0.2) is 23.3 Å². The first kappa shape index (κ1) is 10.3. The number of benzene rings is 1. The topological polar surface area (TPSA) is 90.9 Å². The Morgan fingerprint density at radius 1 is 1.50 bits per heavy atom. The Morgan fingerprint density at radius 2 is 2.21 bits per heavy atom. The number of thiocarbonyl (C=S) groups is 1. The zero-order valence-electron chi connectivity index (χ0n) is 7.14. The number of aromatic hydroxyl groups is 2. The molecule has 0 amide bonds. The van der Waals surface area contributed by atoms with Gasteiger partial charge in [0, 0.05) is 11.6 Å². The molecule has 1 aromatic rings. The molecule has 0 aromatic heterocycles. The maximum Gasteiger partial charge on any atom is 0.184 e. The number of nitrogens with zero attached hydrogens (tertiary/aromatic N) is 1. The summed E-state index contributed by atoms with van der Waals surface area (Å²) in [6, 6.07) is 4.15. The molecule has 1 aromatic carbocycles. The average molecular weight is 211 g/mol. The van der Waals surface area contributed by atoms with Crippen LogP contribution in [0.4, 0.5) is 0 Å². The molecule has 0 aliphatic heterocycles. The molecule has 0 heterocycles. The molecular weight excluding hydrogens is 202 g/mol. The lowest BCUT2D eigenvalue weighted by molar-refractivity contribution is 0.450. The molecule has 5 N–H and O–H groups in total. The number of hydrazone groups is 1. The summed E-state index contributed by atoms with van der Waals surface area (Å²) < 4.78 is 0. The Balaban J connectivity index is 2.76. The lowest BCUT2D eigenvalue weighted by atomic mass is 10.2. The molecule has 0 spiro atoms. The van der Waals surface area contributed by atoms with Crippen LogP contribution >= 0.6 is 12.2 Å². The number of hydrogen-bond donors (Lipinski definition) is 4. The number of phenolic OH excluding ortho intramolecular Hbond substituents is 2. The number of nitrogens with one attached hydrogen (secondary N) is 1. The highest BCUT2D eigenvalue weighted by atomic mass is 32.1. The van der Waals surface area contributed by atoms with Gasteiger partial charge in [-0.05, 0) is 24.4 Å². The first-order valence-electron chi connectivity index (χ1n) is 3.70. The van der Waals surface area contributed by atoms with E-state index in [0.29, 0.717) is 5.56 Å². The second-order valence-corrected chi connectivity index (χ2v) is 2.92. The monoisotopic (exact) mass is 211 g/mol. The van der Waals surface area contributed by atoms with Gasteiger partial charge in [0.05, 0.1) is 6.21 Å². The molecule has 5 nitrogen and oxygen atoms in total. The van der Waals surface area contributed by atoms with Crippen LogP contribution in [0.2, 0.25) is 0 Å². The molecular formula is C8H9N3O2S. The maximum atomic E-state index is 9.31. The van der Waals surface area contributed by atoms with Crippen molar-refractivity contribution in [1.29, 1.82) is 0 Å². The third-order valence-corrected chi connectivity index (χ3v) is 1.48. The fourth-order valence-electron chi connectivity index (χ4n) is 0.807. The molecule has 1 rings (SSSR count). The van der Waals surface area contributed by atoms with Crippen LogP contribution in [0, 0.1) is 0 Å². The molecule has 0 unspecified atom stereocenters. The molecule has 0 aliphatic carbocycles. The fourth-order valence-corrected chi connectivity index (χ4v) is 0.859. The van der Waals surface area contributed by atoms with Gasteiger partial charge in [-0.1, -0.05) is 0 Å². The van der Waals surface area contributed by atoms with E-state index >= 15 is 0 Å². The molecule has 0 fully saturated rings. The number of rotatable bonds is 2. The highest BCUT2D eigenvalue weighted by Gasteiger charge is 1.98. The van der Waals surface area contributed by atoms with Crippen molar-refractivity contribution in [3.05, 3.63) is 23.8 Å². The van der Waals surface area contributed by atoms with Crippen molar-refractivity contribution in [2.75, 3.05) is 0 Å². The lowest BCUT2D eigenvalue weighted by Gasteiger charge is -1.99. The normalized spacial score (nSPS) is 10.3. The van der Waals surface area contributed by atoms with E-state index < -0.39 is 0 Å². The van der Waals surface area contributed by atoms with Crippen LogP contribution in [-0.2, 0) is 0 Å². The molecule has 0 radical (unpaired) electrons. The van der Waals surface area contributed by atoms with Crippen LogP contribution in [0.1, 0.15) is 5.56 Å². The Bertz CT molecular complexity index is 379. The lowest BCUT2D eigenvalue weighted by Crippen LogP contribution is -2.23. The highest BCUT2D eigenvalue weighted by Crippen LogP contribution is 2.20. The van der Waals surface area contributed by atoms with Crippen molar-refractivity contribution < 1.29 is 10.2 Å². The molecule has 0 saturated carbocycles. The second-order valence-electron chi connectivity index (χ2n) is 2.48. The van der Waals surface area contributed by atoms with Crippen LogP contribution in [0.5, 0.6) is 11.5 Å². The summed E-state index contributed by atoms with van der Waals surface area (Å²) >= 11 is 4.51. The minimum absolute atomic E-state index is 0.0121. The van der Waals surface area contributed by atoms with E-state index in [2.05, 4.69) is 22.7 Å². The summed E-state index contributed by atoms with van der Waals surface area (Å²) in [7, 11) is 0. The predicted octanol–water partition coefficient (Wildman–Crippen LogP) is 0.265. The van der Waals surface area contributed by atoms with Crippen LogP contribution in [-0.4, -0.2) is 21.5 Å². The maximum absolute atomic E-state index is 9.31. The Kier molecular flexibility index (Phi) is 3.24. The van der Waals surface area contributed by atoms with Crippen molar-refractivity contribution in [3.63, 3.8) is 0 Å². The van der Waals surface area contributed by atoms with Gasteiger partial charge in [-0.2, -0.15) is 5.10 Å². The summed E-state index contributed by atoms with van der Waals surface area (Å²) in [4.78, 5) is 0. The molecule has 74 valence electrons. The van der Waals surface area contributed by atoms with Crippen molar-refractivity contribution in [3.8, 4) is 11.5 Å². The third kappa shape index (κ3) is 2.91.